The minimum absolute atomic E-state index is 0.0252. The van der Waals surface area contributed by atoms with Gasteiger partial charge in [0.15, 0.2) is 0 Å². The van der Waals surface area contributed by atoms with E-state index in [4.69, 9.17) is 17.3 Å². The Labute approximate surface area is 144 Å². The van der Waals surface area contributed by atoms with E-state index >= 15 is 0 Å². The molecule has 0 bridgehead atoms. The molecule has 24 heavy (non-hydrogen) atoms. The highest BCUT2D eigenvalue weighted by Gasteiger charge is 2.23. The molecule has 0 radical (unpaired) electrons. The maximum atomic E-state index is 14.2. The van der Waals surface area contributed by atoms with Crippen molar-refractivity contribution >= 4 is 17.5 Å². The van der Waals surface area contributed by atoms with Crippen molar-refractivity contribution in [2.75, 3.05) is 0 Å². The van der Waals surface area contributed by atoms with Crippen molar-refractivity contribution in [2.24, 2.45) is 5.73 Å². The molecular weight excluding hydrogens is 334 g/mol. The van der Waals surface area contributed by atoms with Crippen molar-refractivity contribution in [1.29, 1.82) is 0 Å². The Bertz CT molecular complexity index is 722. The summed E-state index contributed by atoms with van der Waals surface area (Å²) >= 11 is 6.18. The number of rotatable bonds is 6. The highest BCUT2D eigenvalue weighted by atomic mass is 35.5. The third-order valence-electron chi connectivity index (χ3n) is 3.62. The predicted molar refractivity (Wildman–Crippen MR) is 90.7 cm³/mol. The van der Waals surface area contributed by atoms with Gasteiger partial charge in [0, 0.05) is 23.0 Å². The largest absolute Gasteiger partial charge is 0.345 e. The van der Waals surface area contributed by atoms with E-state index in [1.807, 2.05) is 0 Å². The molecule has 0 aromatic heterocycles. The summed E-state index contributed by atoms with van der Waals surface area (Å²) in [5.74, 6) is -1.51. The van der Waals surface area contributed by atoms with E-state index in [0.717, 1.165) is 18.2 Å². The average molecular weight is 353 g/mol. The standard InChI is InChI=1S/C18H19ClF2N2O/c1-11(22)6-9-17(24)23-18(13-4-2-3-5-15(13)19)14-10-12(20)7-8-16(14)21/h2-5,7-8,10-11,18H,6,9,22H2,1H3,(H,23,24). The van der Waals surface area contributed by atoms with Crippen LogP contribution in [0.4, 0.5) is 8.78 Å². The van der Waals surface area contributed by atoms with Crippen LogP contribution in [0.25, 0.3) is 0 Å². The molecule has 0 aliphatic rings. The van der Waals surface area contributed by atoms with Gasteiger partial charge in [-0.05, 0) is 43.2 Å². The molecule has 3 nitrogen and oxygen atoms in total. The Morgan fingerprint density at radius 1 is 1.21 bits per heavy atom. The van der Waals surface area contributed by atoms with Crippen LogP contribution in [0.2, 0.25) is 5.02 Å². The van der Waals surface area contributed by atoms with Crippen molar-refractivity contribution in [3.63, 3.8) is 0 Å². The smallest absolute Gasteiger partial charge is 0.220 e. The first-order chi connectivity index (χ1) is 11.4. The van der Waals surface area contributed by atoms with Gasteiger partial charge in [0.05, 0.1) is 6.04 Å². The summed E-state index contributed by atoms with van der Waals surface area (Å²) < 4.78 is 27.8. The number of carbonyl (C=O) groups is 1. The molecule has 0 spiro atoms. The molecule has 3 N–H and O–H groups in total. The SMILES string of the molecule is CC(N)CCC(=O)NC(c1cc(F)ccc1F)c1ccccc1Cl. The van der Waals surface area contributed by atoms with Gasteiger partial charge >= 0.3 is 0 Å². The number of nitrogens with two attached hydrogens (primary N) is 1. The number of nitrogens with one attached hydrogen (secondary N) is 1. The van der Waals surface area contributed by atoms with Gasteiger partial charge in [-0.2, -0.15) is 0 Å². The van der Waals surface area contributed by atoms with Gasteiger partial charge in [-0.1, -0.05) is 29.8 Å². The first kappa shape index (κ1) is 18.4. The molecule has 0 aliphatic carbocycles. The number of carbonyl (C=O) groups excluding carboxylic acids is 1. The van der Waals surface area contributed by atoms with Crippen LogP contribution in [0.3, 0.4) is 0 Å². The monoisotopic (exact) mass is 352 g/mol. The molecule has 2 rings (SSSR count). The lowest BCUT2D eigenvalue weighted by Gasteiger charge is -2.22. The maximum Gasteiger partial charge on any atom is 0.220 e. The van der Waals surface area contributed by atoms with Crippen LogP contribution in [-0.2, 0) is 4.79 Å². The fraction of sp³-hybridized carbons (Fsp3) is 0.278. The lowest BCUT2D eigenvalue weighted by Crippen LogP contribution is -2.31. The second-order valence-electron chi connectivity index (χ2n) is 5.70. The highest BCUT2D eigenvalue weighted by molar-refractivity contribution is 6.31. The summed E-state index contributed by atoms with van der Waals surface area (Å²) in [6.07, 6.45) is 0.683. The van der Waals surface area contributed by atoms with Gasteiger partial charge in [-0.25, -0.2) is 8.78 Å². The number of hydrogen-bond acceptors (Lipinski definition) is 2. The molecule has 2 aromatic carbocycles. The fourth-order valence-electron chi connectivity index (χ4n) is 2.36. The van der Waals surface area contributed by atoms with Crippen LogP contribution in [-0.4, -0.2) is 11.9 Å². The van der Waals surface area contributed by atoms with Gasteiger partial charge in [-0.15, -0.1) is 0 Å². The zero-order valence-electron chi connectivity index (χ0n) is 13.2. The molecular formula is C18H19ClF2N2O. The van der Waals surface area contributed by atoms with Gasteiger partial charge in [-0.3, -0.25) is 4.79 Å². The lowest BCUT2D eigenvalue weighted by molar-refractivity contribution is -0.121. The van der Waals surface area contributed by atoms with Crippen LogP contribution in [0, 0.1) is 11.6 Å². The molecule has 6 heteroatoms. The third kappa shape index (κ3) is 4.76. The topological polar surface area (TPSA) is 55.1 Å². The normalized spacial score (nSPS) is 13.4. The average Bonchev–Trinajstić information content (AvgIpc) is 2.54. The van der Waals surface area contributed by atoms with E-state index in [9.17, 15) is 13.6 Å². The maximum absolute atomic E-state index is 14.2. The zero-order chi connectivity index (χ0) is 17.7. The summed E-state index contributed by atoms with van der Waals surface area (Å²) in [4.78, 5) is 12.2. The van der Waals surface area contributed by atoms with Gasteiger partial charge < -0.3 is 11.1 Å². The van der Waals surface area contributed by atoms with Crippen molar-refractivity contribution in [3.8, 4) is 0 Å². The molecule has 0 saturated carbocycles. The second-order valence-corrected chi connectivity index (χ2v) is 6.11. The molecule has 2 aromatic rings. The molecule has 0 aliphatic heterocycles. The number of hydrogen-bond donors (Lipinski definition) is 2. The van der Waals surface area contributed by atoms with Crippen LogP contribution in [0.1, 0.15) is 36.9 Å². The molecule has 0 fully saturated rings. The third-order valence-corrected chi connectivity index (χ3v) is 3.96. The summed E-state index contributed by atoms with van der Waals surface area (Å²) in [5, 5.41) is 3.09. The molecule has 128 valence electrons. The number of halogens is 3. The van der Waals surface area contributed by atoms with E-state index in [1.165, 1.54) is 0 Å². The van der Waals surface area contributed by atoms with Crippen LogP contribution >= 0.6 is 11.6 Å². The summed E-state index contributed by atoms with van der Waals surface area (Å²) in [5.41, 5.74) is 6.17. The van der Waals surface area contributed by atoms with Gasteiger partial charge in [0.25, 0.3) is 0 Å². The number of amides is 1. The summed E-state index contributed by atoms with van der Waals surface area (Å²) in [7, 11) is 0. The molecule has 0 saturated heterocycles. The van der Waals surface area contributed by atoms with E-state index in [-0.39, 0.29) is 23.9 Å². The molecule has 0 heterocycles. The van der Waals surface area contributed by atoms with Crippen molar-refractivity contribution in [3.05, 3.63) is 70.2 Å². The minimum Gasteiger partial charge on any atom is -0.345 e. The summed E-state index contributed by atoms with van der Waals surface area (Å²) in [6.45, 7) is 1.80. The Kier molecular flexibility index (Phi) is 6.29. The van der Waals surface area contributed by atoms with Crippen molar-refractivity contribution in [2.45, 2.75) is 31.8 Å². The van der Waals surface area contributed by atoms with E-state index < -0.39 is 17.7 Å². The Hall–Kier alpha value is -1.98. The first-order valence-electron chi connectivity index (χ1n) is 7.62. The minimum atomic E-state index is -0.880. The Morgan fingerprint density at radius 2 is 1.92 bits per heavy atom. The van der Waals surface area contributed by atoms with E-state index in [2.05, 4.69) is 5.32 Å². The van der Waals surface area contributed by atoms with E-state index in [0.29, 0.717) is 17.0 Å². The van der Waals surface area contributed by atoms with Crippen LogP contribution < -0.4 is 11.1 Å². The van der Waals surface area contributed by atoms with Crippen LogP contribution in [0.5, 0.6) is 0 Å². The van der Waals surface area contributed by atoms with E-state index in [1.54, 1.807) is 31.2 Å². The lowest BCUT2D eigenvalue weighted by atomic mass is 9.97. The van der Waals surface area contributed by atoms with Crippen LogP contribution in [0.15, 0.2) is 42.5 Å². The first-order valence-corrected chi connectivity index (χ1v) is 8.00. The molecule has 2 atom stereocenters. The Balaban J connectivity index is 2.37. The van der Waals surface area contributed by atoms with Gasteiger partial charge in [0.2, 0.25) is 5.91 Å². The Morgan fingerprint density at radius 3 is 2.58 bits per heavy atom. The fourth-order valence-corrected chi connectivity index (χ4v) is 2.60. The summed E-state index contributed by atoms with van der Waals surface area (Å²) in [6, 6.07) is 8.87. The highest BCUT2D eigenvalue weighted by Crippen LogP contribution is 2.30. The molecule has 1 amide bonds. The zero-order valence-corrected chi connectivity index (χ0v) is 14.0. The predicted octanol–water partition coefficient (Wildman–Crippen LogP) is 3.95. The second kappa shape index (κ2) is 8.22. The van der Waals surface area contributed by atoms with Crippen molar-refractivity contribution < 1.29 is 13.6 Å². The van der Waals surface area contributed by atoms with Crippen molar-refractivity contribution in [1.82, 2.24) is 5.32 Å². The quantitative estimate of drug-likeness (QED) is 0.827. The van der Waals surface area contributed by atoms with Gasteiger partial charge in [0.1, 0.15) is 11.6 Å². The number of benzene rings is 2. The molecule has 2 unspecified atom stereocenters.